The second kappa shape index (κ2) is 13.7. The Labute approximate surface area is 239 Å². The zero-order valence-electron chi connectivity index (χ0n) is 21.8. The molecule has 4 aromatic rings. The lowest BCUT2D eigenvalue weighted by Gasteiger charge is -2.09. The van der Waals surface area contributed by atoms with E-state index in [0.717, 1.165) is 0 Å². The number of hydrogen-bond acceptors (Lipinski definition) is 8. The summed E-state index contributed by atoms with van der Waals surface area (Å²) in [5.74, 6) is -1.06. The Kier molecular flexibility index (Phi) is 9.34. The predicted octanol–water partition coefficient (Wildman–Crippen LogP) is 7.22. The van der Waals surface area contributed by atoms with Crippen molar-refractivity contribution in [3.8, 4) is 0 Å². The smallest absolute Gasteiger partial charge is 0.270 e. The number of nitro benzene ring substituents is 2. The first-order chi connectivity index (χ1) is 20.3. The molecule has 0 atom stereocenters. The first-order valence-corrected chi connectivity index (χ1v) is 12.3. The van der Waals surface area contributed by atoms with Gasteiger partial charge in [-0.3, -0.25) is 29.8 Å². The molecule has 4 aromatic carbocycles. The van der Waals surface area contributed by atoms with E-state index in [1.165, 1.54) is 66.8 Å². The van der Waals surface area contributed by atoms with Crippen LogP contribution in [0.25, 0.3) is 12.2 Å². The van der Waals surface area contributed by atoms with Gasteiger partial charge in [0.25, 0.3) is 11.4 Å². The van der Waals surface area contributed by atoms with Gasteiger partial charge in [0.15, 0.2) is 0 Å². The highest BCUT2D eigenvalue weighted by molar-refractivity contribution is 6.05. The number of rotatable bonds is 10. The van der Waals surface area contributed by atoms with E-state index in [0.29, 0.717) is 28.2 Å². The summed E-state index contributed by atoms with van der Waals surface area (Å²) >= 11 is 0. The van der Waals surface area contributed by atoms with E-state index in [4.69, 9.17) is 0 Å². The van der Waals surface area contributed by atoms with Crippen LogP contribution in [0, 0.1) is 20.2 Å². The van der Waals surface area contributed by atoms with Crippen LogP contribution in [0.1, 0.15) is 11.1 Å². The van der Waals surface area contributed by atoms with Gasteiger partial charge in [-0.2, -0.15) is 5.11 Å². The average Bonchev–Trinajstić information content (AvgIpc) is 2.99. The number of carbonyl (C=O) groups is 2. The second-order valence-electron chi connectivity index (χ2n) is 8.62. The molecule has 0 aliphatic carbocycles. The summed E-state index contributed by atoms with van der Waals surface area (Å²) in [6.45, 7) is 0. The molecule has 0 saturated carbocycles. The molecule has 2 amide bonds. The highest BCUT2D eigenvalue weighted by atomic mass is 16.6. The molecule has 0 spiro atoms. The highest BCUT2D eigenvalue weighted by Crippen LogP contribution is 2.30. The van der Waals surface area contributed by atoms with Crippen LogP contribution >= 0.6 is 0 Å². The van der Waals surface area contributed by atoms with Crippen LogP contribution in [-0.4, -0.2) is 21.7 Å². The SMILES string of the molecule is O=C(C=Cc1cccc([N+](=O)[O-])c1)Nc1ccc(N=Nc2ccccc2)c(NC(=O)C=Cc2cccc([N+](=O)[O-])c2)c1. The van der Waals surface area contributed by atoms with Crippen molar-refractivity contribution in [1.29, 1.82) is 0 Å². The van der Waals surface area contributed by atoms with Gasteiger partial charge in [-0.15, -0.1) is 5.11 Å². The largest absolute Gasteiger partial charge is 0.322 e. The van der Waals surface area contributed by atoms with Gasteiger partial charge in [-0.1, -0.05) is 42.5 Å². The summed E-state index contributed by atoms with van der Waals surface area (Å²) in [7, 11) is 0. The zero-order chi connectivity index (χ0) is 29.9. The van der Waals surface area contributed by atoms with E-state index in [-0.39, 0.29) is 17.1 Å². The molecule has 208 valence electrons. The van der Waals surface area contributed by atoms with Crippen molar-refractivity contribution in [3.05, 3.63) is 141 Å². The molecule has 0 heterocycles. The molecule has 42 heavy (non-hydrogen) atoms. The van der Waals surface area contributed by atoms with Crippen LogP contribution in [0.15, 0.2) is 119 Å². The highest BCUT2D eigenvalue weighted by Gasteiger charge is 2.10. The standard InChI is InChI=1S/C30H22N6O6/c37-29(16-12-21-6-4-10-25(18-21)35(39)40)31-24-14-15-27(34-33-23-8-2-1-3-9-23)28(20-24)32-30(38)17-13-22-7-5-11-26(19-22)36(41)42/h1-20H,(H,31,37)(H,32,38). The van der Waals surface area contributed by atoms with Gasteiger partial charge in [0, 0.05) is 42.1 Å². The minimum Gasteiger partial charge on any atom is -0.322 e. The molecule has 12 nitrogen and oxygen atoms in total. The number of benzene rings is 4. The Morgan fingerprint density at radius 2 is 1.21 bits per heavy atom. The maximum atomic E-state index is 12.7. The van der Waals surface area contributed by atoms with Crippen LogP contribution in [0.4, 0.5) is 34.1 Å². The molecule has 0 aliphatic heterocycles. The Bertz CT molecular complexity index is 1730. The number of amides is 2. The number of nitrogens with one attached hydrogen (secondary N) is 2. The summed E-state index contributed by atoms with van der Waals surface area (Å²) in [6.07, 6.45) is 5.30. The van der Waals surface area contributed by atoms with Gasteiger partial charge >= 0.3 is 0 Å². The normalized spacial score (nSPS) is 11.1. The molecule has 2 N–H and O–H groups in total. The maximum Gasteiger partial charge on any atom is 0.270 e. The minimum atomic E-state index is -0.549. The number of carbonyl (C=O) groups excluding carboxylic acids is 2. The van der Waals surface area contributed by atoms with E-state index in [1.807, 2.05) is 6.07 Å². The quantitative estimate of drug-likeness (QED) is 0.0894. The number of anilines is 2. The molecule has 0 fully saturated rings. The van der Waals surface area contributed by atoms with E-state index >= 15 is 0 Å². The monoisotopic (exact) mass is 562 g/mol. The lowest BCUT2D eigenvalue weighted by Crippen LogP contribution is -2.10. The van der Waals surface area contributed by atoms with Crippen LogP contribution in [0.2, 0.25) is 0 Å². The predicted molar refractivity (Wildman–Crippen MR) is 159 cm³/mol. The van der Waals surface area contributed by atoms with Crippen molar-refractivity contribution in [3.63, 3.8) is 0 Å². The summed E-state index contributed by atoms with van der Waals surface area (Å²) < 4.78 is 0. The first-order valence-electron chi connectivity index (χ1n) is 12.3. The number of hydrogen-bond donors (Lipinski definition) is 2. The molecular formula is C30H22N6O6. The Morgan fingerprint density at radius 3 is 1.79 bits per heavy atom. The van der Waals surface area contributed by atoms with Gasteiger partial charge in [-0.05, 0) is 53.6 Å². The van der Waals surface area contributed by atoms with Crippen LogP contribution in [0.5, 0.6) is 0 Å². The van der Waals surface area contributed by atoms with Gasteiger partial charge in [0.05, 0.1) is 21.2 Å². The lowest BCUT2D eigenvalue weighted by molar-refractivity contribution is -0.385. The summed E-state index contributed by atoms with van der Waals surface area (Å²) in [5.41, 5.74) is 2.19. The third kappa shape index (κ3) is 8.35. The Balaban J connectivity index is 1.53. The summed E-state index contributed by atoms with van der Waals surface area (Å²) in [5, 5.41) is 35.8. The Hall–Kier alpha value is -6.30. The molecule has 0 aliphatic rings. The van der Waals surface area contributed by atoms with Crippen molar-refractivity contribution in [2.24, 2.45) is 10.2 Å². The van der Waals surface area contributed by atoms with Crippen molar-refractivity contribution in [2.75, 3.05) is 10.6 Å². The fourth-order valence-electron chi connectivity index (χ4n) is 3.59. The molecule has 0 saturated heterocycles. The lowest BCUT2D eigenvalue weighted by atomic mass is 10.2. The number of azo groups is 1. The van der Waals surface area contributed by atoms with Gasteiger partial charge in [0.2, 0.25) is 11.8 Å². The molecule has 0 unspecified atom stereocenters. The van der Waals surface area contributed by atoms with Crippen molar-refractivity contribution >= 4 is 58.1 Å². The molecule has 0 radical (unpaired) electrons. The van der Waals surface area contributed by atoms with Gasteiger partial charge in [0.1, 0.15) is 5.69 Å². The Morgan fingerprint density at radius 1 is 0.643 bits per heavy atom. The minimum absolute atomic E-state index is 0.0993. The van der Waals surface area contributed by atoms with E-state index in [1.54, 1.807) is 48.5 Å². The van der Waals surface area contributed by atoms with Gasteiger partial charge < -0.3 is 10.6 Å². The summed E-state index contributed by atoms with van der Waals surface area (Å²) in [6, 6.07) is 25.2. The third-order valence-corrected chi connectivity index (χ3v) is 5.57. The van der Waals surface area contributed by atoms with E-state index < -0.39 is 21.7 Å². The fraction of sp³-hybridized carbons (Fsp3) is 0. The van der Waals surface area contributed by atoms with Crippen molar-refractivity contribution in [2.45, 2.75) is 0 Å². The van der Waals surface area contributed by atoms with Crippen LogP contribution in [0.3, 0.4) is 0 Å². The number of nitrogens with zero attached hydrogens (tertiary/aromatic N) is 4. The maximum absolute atomic E-state index is 12.7. The average molecular weight is 563 g/mol. The van der Waals surface area contributed by atoms with Crippen molar-refractivity contribution < 1.29 is 19.4 Å². The van der Waals surface area contributed by atoms with Crippen LogP contribution < -0.4 is 10.6 Å². The third-order valence-electron chi connectivity index (χ3n) is 5.57. The molecular weight excluding hydrogens is 540 g/mol. The van der Waals surface area contributed by atoms with E-state index in [9.17, 15) is 29.8 Å². The number of nitro groups is 2. The number of non-ortho nitro benzene ring substituents is 2. The van der Waals surface area contributed by atoms with Crippen molar-refractivity contribution in [1.82, 2.24) is 0 Å². The zero-order valence-corrected chi connectivity index (χ0v) is 21.8. The molecule has 0 aromatic heterocycles. The van der Waals surface area contributed by atoms with Crippen LogP contribution in [-0.2, 0) is 9.59 Å². The first kappa shape index (κ1) is 28.7. The molecule has 12 heteroatoms. The second-order valence-corrected chi connectivity index (χ2v) is 8.62. The van der Waals surface area contributed by atoms with E-state index in [2.05, 4.69) is 20.9 Å². The van der Waals surface area contributed by atoms with Gasteiger partial charge in [-0.25, -0.2) is 0 Å². The molecule has 0 bridgehead atoms. The topological polar surface area (TPSA) is 169 Å². The summed E-state index contributed by atoms with van der Waals surface area (Å²) in [4.78, 5) is 46.2. The fourth-order valence-corrected chi connectivity index (χ4v) is 3.59. The molecule has 4 rings (SSSR count).